The van der Waals surface area contributed by atoms with Gasteiger partial charge >= 0.3 is 0 Å². The highest BCUT2D eigenvalue weighted by Gasteiger charge is 2.15. The Hall–Kier alpha value is -1.56. The van der Waals surface area contributed by atoms with E-state index in [1.807, 2.05) is 0 Å². The van der Waals surface area contributed by atoms with Crippen molar-refractivity contribution < 1.29 is 9.59 Å². The van der Waals surface area contributed by atoms with Gasteiger partial charge in [0.1, 0.15) is 6.04 Å². The monoisotopic (exact) mass is 285 g/mol. The van der Waals surface area contributed by atoms with Crippen molar-refractivity contribution in [2.45, 2.75) is 13.0 Å². The lowest BCUT2D eigenvalue weighted by molar-refractivity contribution is -0.119. The quantitative estimate of drug-likeness (QED) is 0.711. The van der Waals surface area contributed by atoms with Crippen LogP contribution in [0.1, 0.15) is 17.3 Å². The number of primary amides is 1. The second-order valence-electron chi connectivity index (χ2n) is 3.33. The summed E-state index contributed by atoms with van der Waals surface area (Å²) in [5, 5.41) is 2.45. The van der Waals surface area contributed by atoms with E-state index in [-0.39, 0.29) is 0 Å². The summed E-state index contributed by atoms with van der Waals surface area (Å²) in [5.41, 5.74) is 11.3. The lowest BCUT2D eigenvalue weighted by Crippen LogP contribution is -2.42. The molecule has 2 amide bonds. The Morgan fingerprint density at radius 1 is 1.44 bits per heavy atom. The fraction of sp³-hybridized carbons (Fsp3) is 0.200. The molecule has 0 radical (unpaired) electrons. The van der Waals surface area contributed by atoms with Gasteiger partial charge in [0.05, 0.1) is 5.56 Å². The van der Waals surface area contributed by atoms with Crippen LogP contribution in [0.25, 0.3) is 0 Å². The summed E-state index contributed by atoms with van der Waals surface area (Å²) in [6.45, 7) is 1.51. The maximum Gasteiger partial charge on any atom is 0.254 e. The van der Waals surface area contributed by atoms with E-state index in [9.17, 15) is 9.59 Å². The fourth-order valence-electron chi connectivity index (χ4n) is 1.07. The molecule has 0 spiro atoms. The molecule has 0 fully saturated rings. The van der Waals surface area contributed by atoms with Crippen molar-refractivity contribution >= 4 is 33.4 Å². The highest BCUT2D eigenvalue weighted by Crippen LogP contribution is 2.18. The number of nitrogen functional groups attached to an aromatic ring is 1. The zero-order valence-electron chi connectivity index (χ0n) is 8.66. The number of rotatable bonds is 3. The van der Waals surface area contributed by atoms with Gasteiger partial charge in [0, 0.05) is 10.2 Å². The zero-order valence-corrected chi connectivity index (χ0v) is 10.2. The molecule has 1 aromatic rings. The van der Waals surface area contributed by atoms with Gasteiger partial charge in [0.25, 0.3) is 5.91 Å². The molecule has 5 nitrogen and oxygen atoms in total. The molecule has 1 unspecified atom stereocenters. The number of halogens is 1. The third kappa shape index (κ3) is 2.96. The largest absolute Gasteiger partial charge is 0.398 e. The first-order valence-electron chi connectivity index (χ1n) is 4.57. The van der Waals surface area contributed by atoms with Crippen LogP contribution in [-0.2, 0) is 4.79 Å². The lowest BCUT2D eigenvalue weighted by Gasteiger charge is -2.11. The second kappa shape index (κ2) is 4.98. The number of carbonyl (C=O) groups is 2. The third-order valence-electron chi connectivity index (χ3n) is 2.03. The molecule has 86 valence electrons. The molecule has 0 saturated heterocycles. The van der Waals surface area contributed by atoms with Crippen molar-refractivity contribution in [3.63, 3.8) is 0 Å². The Labute approximate surface area is 101 Å². The van der Waals surface area contributed by atoms with Crippen LogP contribution < -0.4 is 16.8 Å². The molecule has 5 N–H and O–H groups in total. The van der Waals surface area contributed by atoms with Gasteiger partial charge in [-0.2, -0.15) is 0 Å². The molecule has 1 atom stereocenters. The lowest BCUT2D eigenvalue weighted by atomic mass is 10.1. The first-order valence-corrected chi connectivity index (χ1v) is 5.36. The van der Waals surface area contributed by atoms with Gasteiger partial charge < -0.3 is 16.8 Å². The molecule has 0 heterocycles. The van der Waals surface area contributed by atoms with Gasteiger partial charge in [0.2, 0.25) is 5.91 Å². The van der Waals surface area contributed by atoms with Gasteiger partial charge in [-0.3, -0.25) is 9.59 Å². The topological polar surface area (TPSA) is 98.2 Å². The van der Waals surface area contributed by atoms with Crippen molar-refractivity contribution in [3.05, 3.63) is 28.2 Å². The molecule has 6 heteroatoms. The number of hydrogen-bond donors (Lipinski definition) is 3. The SMILES string of the molecule is CC(NC(=O)c1cc(Br)ccc1N)C(N)=O. The molecule has 1 aromatic carbocycles. The van der Waals surface area contributed by atoms with Gasteiger partial charge in [0.15, 0.2) is 0 Å². The highest BCUT2D eigenvalue weighted by molar-refractivity contribution is 9.10. The van der Waals surface area contributed by atoms with Crippen molar-refractivity contribution in [1.82, 2.24) is 5.32 Å². The average Bonchev–Trinajstić information content (AvgIpc) is 2.21. The van der Waals surface area contributed by atoms with Crippen molar-refractivity contribution in [2.24, 2.45) is 5.73 Å². The first-order chi connectivity index (χ1) is 7.41. The molecule has 0 aromatic heterocycles. The van der Waals surface area contributed by atoms with E-state index in [0.29, 0.717) is 11.3 Å². The molecule has 0 aliphatic heterocycles. The van der Waals surface area contributed by atoms with Gasteiger partial charge in [-0.15, -0.1) is 0 Å². The normalized spacial score (nSPS) is 11.9. The highest BCUT2D eigenvalue weighted by atomic mass is 79.9. The van der Waals surface area contributed by atoms with Crippen LogP contribution in [0.2, 0.25) is 0 Å². The van der Waals surface area contributed by atoms with Crippen LogP contribution in [0.5, 0.6) is 0 Å². The summed E-state index contributed by atoms with van der Waals surface area (Å²) in [6.07, 6.45) is 0. The number of nitrogens with one attached hydrogen (secondary N) is 1. The fourth-order valence-corrected chi connectivity index (χ4v) is 1.43. The van der Waals surface area contributed by atoms with E-state index in [1.165, 1.54) is 6.92 Å². The van der Waals surface area contributed by atoms with E-state index in [2.05, 4.69) is 21.2 Å². The average molecular weight is 286 g/mol. The standard InChI is InChI=1S/C10H12BrN3O2/c1-5(9(13)15)14-10(16)7-4-6(11)2-3-8(7)12/h2-5H,12H2,1H3,(H2,13,15)(H,14,16). The Kier molecular flexibility index (Phi) is 3.89. The summed E-state index contributed by atoms with van der Waals surface area (Å²) in [7, 11) is 0. The predicted octanol–water partition coefficient (Wildman–Crippen LogP) is 0.635. The Morgan fingerprint density at radius 3 is 2.62 bits per heavy atom. The maximum atomic E-state index is 11.7. The smallest absolute Gasteiger partial charge is 0.254 e. The van der Waals surface area contributed by atoms with Gasteiger partial charge in [-0.1, -0.05) is 15.9 Å². The van der Waals surface area contributed by atoms with E-state index in [4.69, 9.17) is 11.5 Å². The van der Waals surface area contributed by atoms with Crippen molar-refractivity contribution in [1.29, 1.82) is 0 Å². The number of benzene rings is 1. The predicted molar refractivity (Wildman–Crippen MR) is 64.7 cm³/mol. The molecular weight excluding hydrogens is 274 g/mol. The Morgan fingerprint density at radius 2 is 2.06 bits per heavy atom. The summed E-state index contributed by atoms with van der Waals surface area (Å²) in [4.78, 5) is 22.5. The summed E-state index contributed by atoms with van der Waals surface area (Å²) < 4.78 is 0.735. The van der Waals surface area contributed by atoms with Crippen LogP contribution in [0.15, 0.2) is 22.7 Å². The van der Waals surface area contributed by atoms with Crippen LogP contribution in [0.4, 0.5) is 5.69 Å². The van der Waals surface area contributed by atoms with E-state index >= 15 is 0 Å². The molecule has 0 aliphatic rings. The maximum absolute atomic E-state index is 11.7. The molecule has 0 saturated carbocycles. The molecule has 0 aliphatic carbocycles. The second-order valence-corrected chi connectivity index (χ2v) is 4.24. The van der Waals surface area contributed by atoms with Crippen molar-refractivity contribution in [3.8, 4) is 0 Å². The number of amides is 2. The molecule has 1 rings (SSSR count). The van der Waals surface area contributed by atoms with Crippen LogP contribution in [0.3, 0.4) is 0 Å². The number of anilines is 1. The van der Waals surface area contributed by atoms with E-state index in [1.54, 1.807) is 18.2 Å². The van der Waals surface area contributed by atoms with Gasteiger partial charge in [-0.25, -0.2) is 0 Å². The molecule has 16 heavy (non-hydrogen) atoms. The zero-order chi connectivity index (χ0) is 12.3. The van der Waals surface area contributed by atoms with Crippen LogP contribution in [0, 0.1) is 0 Å². The summed E-state index contributed by atoms with van der Waals surface area (Å²) >= 11 is 3.23. The number of carbonyl (C=O) groups excluding carboxylic acids is 2. The van der Waals surface area contributed by atoms with Crippen LogP contribution in [-0.4, -0.2) is 17.9 Å². The van der Waals surface area contributed by atoms with Gasteiger partial charge in [-0.05, 0) is 25.1 Å². The first kappa shape index (κ1) is 12.5. The van der Waals surface area contributed by atoms with E-state index < -0.39 is 17.9 Å². The van der Waals surface area contributed by atoms with Crippen molar-refractivity contribution in [2.75, 3.05) is 5.73 Å². The minimum absolute atomic E-state index is 0.308. The summed E-state index contributed by atoms with van der Waals surface area (Å²) in [5.74, 6) is -1.02. The number of nitrogens with two attached hydrogens (primary N) is 2. The van der Waals surface area contributed by atoms with E-state index in [0.717, 1.165) is 4.47 Å². The summed E-state index contributed by atoms with van der Waals surface area (Å²) in [6, 6.07) is 4.18. The third-order valence-corrected chi connectivity index (χ3v) is 2.53. The Bertz CT molecular complexity index is 434. The Balaban J connectivity index is 2.88. The minimum Gasteiger partial charge on any atom is -0.398 e. The minimum atomic E-state index is -0.731. The molecular formula is C10H12BrN3O2. The van der Waals surface area contributed by atoms with Crippen LogP contribution >= 0.6 is 15.9 Å². The molecule has 0 bridgehead atoms. The number of hydrogen-bond acceptors (Lipinski definition) is 3.